The van der Waals surface area contributed by atoms with Crippen LogP contribution in [0.1, 0.15) is 36.0 Å². The van der Waals surface area contributed by atoms with E-state index in [0.29, 0.717) is 4.88 Å². The van der Waals surface area contributed by atoms with E-state index in [2.05, 4.69) is 0 Å². The Kier molecular flexibility index (Phi) is 3.14. The summed E-state index contributed by atoms with van der Waals surface area (Å²) < 4.78 is 1.02. The van der Waals surface area contributed by atoms with Crippen LogP contribution in [0.15, 0.2) is 11.4 Å². The van der Waals surface area contributed by atoms with Crippen molar-refractivity contribution in [1.29, 1.82) is 0 Å². The van der Waals surface area contributed by atoms with Crippen LogP contribution in [0.3, 0.4) is 0 Å². The Labute approximate surface area is 92.1 Å². The molecular weight excluding hydrogens is 214 g/mol. The summed E-state index contributed by atoms with van der Waals surface area (Å²) in [5.41, 5.74) is -0.233. The standard InChI is InChI=1S/C10H13NO3S/c1-10(2,3)11(14)6-8-7(9(12)13)4-5-15-8/h4-6H,1-3H3,(H-,12,13,14)/p+1. The first kappa shape index (κ1) is 11.7. The fraction of sp³-hybridized carbons (Fsp3) is 0.400. The molecule has 1 aromatic rings. The fourth-order valence-corrected chi connectivity index (χ4v) is 1.70. The number of hydrogen-bond acceptors (Lipinski definition) is 3. The van der Waals surface area contributed by atoms with Crippen LogP contribution in [-0.2, 0) is 0 Å². The van der Waals surface area contributed by atoms with Crippen LogP contribution in [0.5, 0.6) is 0 Å². The Morgan fingerprint density at radius 2 is 2.13 bits per heavy atom. The lowest BCUT2D eigenvalue weighted by molar-refractivity contribution is -0.816. The Balaban J connectivity index is 3.09. The van der Waals surface area contributed by atoms with E-state index in [1.807, 2.05) is 20.8 Å². The van der Waals surface area contributed by atoms with Crippen molar-refractivity contribution in [2.45, 2.75) is 26.3 Å². The SMILES string of the molecule is CC(C)(C)[N+](O)=Cc1sccc1C(=O)O. The Morgan fingerprint density at radius 1 is 1.53 bits per heavy atom. The predicted molar refractivity (Wildman–Crippen MR) is 58.2 cm³/mol. The molecule has 0 fully saturated rings. The lowest BCUT2D eigenvalue weighted by Gasteiger charge is -2.08. The number of aromatic carboxylic acids is 1. The van der Waals surface area contributed by atoms with E-state index in [9.17, 15) is 10.0 Å². The van der Waals surface area contributed by atoms with E-state index in [0.717, 1.165) is 4.74 Å². The fourth-order valence-electron chi connectivity index (χ4n) is 0.902. The van der Waals surface area contributed by atoms with Gasteiger partial charge in [0.2, 0.25) is 11.8 Å². The number of carboxylic acids is 1. The summed E-state index contributed by atoms with van der Waals surface area (Å²) in [6.45, 7) is 5.49. The van der Waals surface area contributed by atoms with Gasteiger partial charge in [-0.2, -0.15) is 0 Å². The zero-order valence-electron chi connectivity index (χ0n) is 8.89. The maximum absolute atomic E-state index is 10.8. The van der Waals surface area contributed by atoms with Crippen molar-refractivity contribution in [1.82, 2.24) is 0 Å². The van der Waals surface area contributed by atoms with Crippen LogP contribution in [-0.4, -0.2) is 32.8 Å². The highest BCUT2D eigenvalue weighted by atomic mass is 32.1. The second-order valence-corrected chi connectivity index (χ2v) is 5.10. The molecule has 0 amide bonds. The quantitative estimate of drug-likeness (QED) is 0.352. The molecule has 0 aliphatic heterocycles. The van der Waals surface area contributed by atoms with E-state index in [1.165, 1.54) is 23.6 Å². The first-order valence-electron chi connectivity index (χ1n) is 4.46. The van der Waals surface area contributed by atoms with Crippen molar-refractivity contribution in [2.24, 2.45) is 0 Å². The second-order valence-electron chi connectivity index (χ2n) is 4.15. The van der Waals surface area contributed by atoms with Crippen molar-refractivity contribution >= 4 is 23.5 Å². The molecule has 0 unspecified atom stereocenters. The van der Waals surface area contributed by atoms with Gasteiger partial charge in [0, 0.05) is 20.8 Å². The summed E-state index contributed by atoms with van der Waals surface area (Å²) in [4.78, 5) is 11.3. The van der Waals surface area contributed by atoms with Crippen LogP contribution in [0.25, 0.3) is 0 Å². The molecule has 0 saturated heterocycles. The summed E-state index contributed by atoms with van der Waals surface area (Å²) in [5, 5.41) is 20.2. The van der Waals surface area contributed by atoms with Gasteiger partial charge in [-0.05, 0) is 16.2 Å². The summed E-state index contributed by atoms with van der Waals surface area (Å²) >= 11 is 1.28. The zero-order valence-corrected chi connectivity index (χ0v) is 9.71. The van der Waals surface area contributed by atoms with E-state index in [1.54, 1.807) is 5.38 Å². The van der Waals surface area contributed by atoms with Gasteiger partial charge in [-0.15, -0.1) is 11.3 Å². The van der Waals surface area contributed by atoms with Crippen molar-refractivity contribution in [3.63, 3.8) is 0 Å². The molecule has 1 aromatic heterocycles. The molecule has 1 rings (SSSR count). The first-order valence-corrected chi connectivity index (χ1v) is 5.34. The molecule has 0 radical (unpaired) electrons. The van der Waals surface area contributed by atoms with Crippen molar-refractivity contribution in [2.75, 3.05) is 0 Å². The van der Waals surface area contributed by atoms with Gasteiger partial charge in [0.25, 0.3) is 0 Å². The van der Waals surface area contributed by atoms with Crippen molar-refractivity contribution < 1.29 is 19.8 Å². The minimum Gasteiger partial charge on any atom is -0.478 e. The third-order valence-corrected chi connectivity index (χ3v) is 2.70. The van der Waals surface area contributed by atoms with E-state index < -0.39 is 11.5 Å². The molecule has 15 heavy (non-hydrogen) atoms. The molecule has 0 aliphatic rings. The van der Waals surface area contributed by atoms with Gasteiger partial charge in [0.05, 0.1) is 5.56 Å². The van der Waals surface area contributed by atoms with Gasteiger partial charge in [0.15, 0.2) is 0 Å². The number of carbonyl (C=O) groups is 1. The van der Waals surface area contributed by atoms with Crippen LogP contribution in [0.4, 0.5) is 0 Å². The van der Waals surface area contributed by atoms with Gasteiger partial charge < -0.3 is 5.11 Å². The average Bonchev–Trinajstić information content (AvgIpc) is 2.50. The monoisotopic (exact) mass is 228 g/mol. The zero-order chi connectivity index (χ0) is 11.6. The maximum atomic E-state index is 10.8. The third-order valence-electron chi connectivity index (χ3n) is 1.85. The Morgan fingerprint density at radius 3 is 2.60 bits per heavy atom. The smallest absolute Gasteiger partial charge is 0.337 e. The number of nitrogens with zero attached hydrogens (tertiary/aromatic N) is 1. The lowest BCUT2D eigenvalue weighted by Crippen LogP contribution is -2.31. The van der Waals surface area contributed by atoms with Gasteiger partial charge in [-0.25, -0.2) is 4.79 Å². The highest BCUT2D eigenvalue weighted by Crippen LogP contribution is 2.15. The van der Waals surface area contributed by atoms with Gasteiger partial charge in [-0.1, -0.05) is 0 Å². The minimum atomic E-state index is -0.982. The highest BCUT2D eigenvalue weighted by molar-refractivity contribution is 7.12. The number of hydroxylamine groups is 1. The molecule has 5 heteroatoms. The lowest BCUT2D eigenvalue weighted by atomic mass is 10.1. The number of rotatable bonds is 2. The highest BCUT2D eigenvalue weighted by Gasteiger charge is 2.25. The summed E-state index contributed by atoms with van der Waals surface area (Å²) in [6.07, 6.45) is 1.44. The largest absolute Gasteiger partial charge is 0.478 e. The maximum Gasteiger partial charge on any atom is 0.337 e. The number of carboxylic acid groups (broad SMARTS) is 1. The number of hydrogen-bond donors (Lipinski definition) is 2. The number of thiophene rings is 1. The normalized spacial score (nSPS) is 12.9. The molecule has 0 saturated carbocycles. The Hall–Kier alpha value is -1.36. The van der Waals surface area contributed by atoms with Gasteiger partial charge in [0.1, 0.15) is 4.88 Å². The predicted octanol–water partition coefficient (Wildman–Crippen LogP) is 2.07. The second kappa shape index (κ2) is 4.02. The van der Waals surface area contributed by atoms with Crippen LogP contribution >= 0.6 is 11.3 Å². The minimum absolute atomic E-state index is 0.211. The molecule has 1 heterocycles. The molecule has 0 bridgehead atoms. The molecule has 0 aromatic carbocycles. The average molecular weight is 228 g/mol. The molecule has 0 atom stereocenters. The van der Waals surface area contributed by atoms with Crippen LogP contribution < -0.4 is 0 Å². The van der Waals surface area contributed by atoms with Gasteiger partial charge >= 0.3 is 5.97 Å². The summed E-state index contributed by atoms with van der Waals surface area (Å²) in [6, 6.07) is 1.52. The summed E-state index contributed by atoms with van der Waals surface area (Å²) in [5.74, 6) is -0.982. The first-order chi connectivity index (χ1) is 6.82. The third kappa shape index (κ3) is 2.79. The van der Waals surface area contributed by atoms with E-state index in [-0.39, 0.29) is 5.56 Å². The summed E-state index contributed by atoms with van der Waals surface area (Å²) in [7, 11) is 0. The van der Waals surface area contributed by atoms with Crippen LogP contribution in [0.2, 0.25) is 0 Å². The molecule has 4 nitrogen and oxygen atoms in total. The van der Waals surface area contributed by atoms with E-state index in [4.69, 9.17) is 5.11 Å². The Bertz CT molecular complexity index is 401. The van der Waals surface area contributed by atoms with Gasteiger partial charge in [-0.3, -0.25) is 5.21 Å². The molecule has 2 N–H and O–H groups in total. The van der Waals surface area contributed by atoms with Crippen molar-refractivity contribution in [3.05, 3.63) is 21.9 Å². The molecular formula is C10H14NO3S+. The molecule has 82 valence electrons. The molecule has 0 aliphatic carbocycles. The molecule has 0 spiro atoms. The topological polar surface area (TPSA) is 60.5 Å². The van der Waals surface area contributed by atoms with E-state index >= 15 is 0 Å². The van der Waals surface area contributed by atoms with Crippen molar-refractivity contribution in [3.8, 4) is 0 Å². The van der Waals surface area contributed by atoms with Crippen LogP contribution in [0, 0.1) is 0 Å².